The van der Waals surface area contributed by atoms with E-state index in [2.05, 4.69) is 22.8 Å². The van der Waals surface area contributed by atoms with E-state index in [-0.39, 0.29) is 11.8 Å². The number of thioether (sulfide) groups is 1. The number of carbonyl (C=O) groups is 1. The molecule has 34 heavy (non-hydrogen) atoms. The summed E-state index contributed by atoms with van der Waals surface area (Å²) in [4.78, 5) is 21.0. The number of aromatic nitrogens is 2. The van der Waals surface area contributed by atoms with Crippen LogP contribution in [0.4, 0.5) is 5.69 Å². The highest BCUT2D eigenvalue weighted by Crippen LogP contribution is 2.34. The molecule has 1 aliphatic heterocycles. The lowest BCUT2D eigenvalue weighted by Gasteiger charge is -2.18. The van der Waals surface area contributed by atoms with Crippen LogP contribution in [0, 0.1) is 0 Å². The molecule has 0 bridgehead atoms. The van der Waals surface area contributed by atoms with E-state index in [0.29, 0.717) is 37.6 Å². The Hall–Kier alpha value is -3.45. The minimum Gasteiger partial charge on any atom is -0.493 e. The second-order valence-corrected chi connectivity index (χ2v) is 9.10. The summed E-state index contributed by atoms with van der Waals surface area (Å²) in [5.74, 6) is 2.51. The lowest BCUT2D eigenvalue weighted by molar-refractivity contribution is -0.117. The summed E-state index contributed by atoms with van der Waals surface area (Å²) in [6, 6.07) is 23.9. The van der Waals surface area contributed by atoms with Crippen LogP contribution in [-0.2, 0) is 11.3 Å². The quantitative estimate of drug-likeness (QED) is 0.322. The number of fused-ring (bicyclic) bond motifs is 1. The molecule has 1 fully saturated rings. The number of anilines is 1. The number of imidazole rings is 1. The number of ether oxygens (including phenoxy) is 2. The molecule has 174 valence electrons. The number of benzene rings is 3. The molecule has 0 spiro atoms. The van der Waals surface area contributed by atoms with Crippen LogP contribution in [0.3, 0.4) is 0 Å². The lowest BCUT2D eigenvalue weighted by Crippen LogP contribution is -2.24. The van der Waals surface area contributed by atoms with Gasteiger partial charge < -0.3 is 18.9 Å². The number of amides is 1. The zero-order valence-corrected chi connectivity index (χ0v) is 20.1. The third-order valence-corrected chi connectivity index (χ3v) is 6.91. The Kier molecular flexibility index (Phi) is 6.45. The van der Waals surface area contributed by atoms with Gasteiger partial charge in [0.2, 0.25) is 5.91 Å². The summed E-state index contributed by atoms with van der Waals surface area (Å²) in [5, 5.41) is 0. The highest BCUT2D eigenvalue weighted by molar-refractivity contribution is 7.98. The van der Waals surface area contributed by atoms with E-state index < -0.39 is 0 Å². The van der Waals surface area contributed by atoms with E-state index in [1.807, 2.05) is 65.8 Å². The first-order valence-corrected chi connectivity index (χ1v) is 12.6. The highest BCUT2D eigenvalue weighted by Gasteiger charge is 2.35. The van der Waals surface area contributed by atoms with Gasteiger partial charge >= 0.3 is 0 Å². The molecular weight excluding hydrogens is 446 g/mol. The van der Waals surface area contributed by atoms with Gasteiger partial charge in [0, 0.05) is 29.5 Å². The number of carbonyl (C=O) groups excluding carboxylic acids is 1. The molecule has 1 atom stereocenters. The van der Waals surface area contributed by atoms with Crippen LogP contribution in [0.5, 0.6) is 11.5 Å². The minimum absolute atomic E-state index is 0.0177. The molecular formula is C27H27N3O3S. The van der Waals surface area contributed by atoms with Crippen molar-refractivity contribution in [3.63, 3.8) is 0 Å². The van der Waals surface area contributed by atoms with Gasteiger partial charge in [-0.15, -0.1) is 11.8 Å². The maximum absolute atomic E-state index is 13.0. The molecule has 6 nitrogen and oxygen atoms in total. The first kappa shape index (κ1) is 22.3. The van der Waals surface area contributed by atoms with Crippen molar-refractivity contribution in [3.8, 4) is 11.5 Å². The molecule has 7 heteroatoms. The summed E-state index contributed by atoms with van der Waals surface area (Å²) >= 11 is 1.68. The second kappa shape index (κ2) is 9.81. The van der Waals surface area contributed by atoms with Crippen molar-refractivity contribution in [3.05, 3.63) is 78.6 Å². The fourth-order valence-corrected chi connectivity index (χ4v) is 4.99. The Bertz CT molecular complexity index is 1320. The third-order valence-electron chi connectivity index (χ3n) is 6.18. The summed E-state index contributed by atoms with van der Waals surface area (Å²) in [6.45, 7) is 1.71. The summed E-state index contributed by atoms with van der Waals surface area (Å²) in [6.07, 6.45) is 2.49. The van der Waals surface area contributed by atoms with Crippen LogP contribution in [0.1, 0.15) is 18.2 Å². The van der Waals surface area contributed by atoms with Gasteiger partial charge in [-0.2, -0.15) is 0 Å². The number of hydrogen-bond acceptors (Lipinski definition) is 5. The Labute approximate surface area is 203 Å². The van der Waals surface area contributed by atoms with Crippen molar-refractivity contribution >= 4 is 34.4 Å². The standard InChI is InChI=1S/C27H27N3O3S/c1-32-24-12-5-6-13-25(24)33-15-14-29-23-11-4-3-10-22(23)28-27(29)19-16-26(31)30(18-19)20-8-7-9-21(17-20)34-2/h3-13,17,19H,14-16,18H2,1-2H3. The smallest absolute Gasteiger partial charge is 0.227 e. The highest BCUT2D eigenvalue weighted by atomic mass is 32.2. The van der Waals surface area contributed by atoms with Gasteiger partial charge in [0.1, 0.15) is 12.4 Å². The van der Waals surface area contributed by atoms with Gasteiger partial charge in [-0.3, -0.25) is 4.79 Å². The average molecular weight is 474 g/mol. The van der Waals surface area contributed by atoms with Gasteiger partial charge in [-0.25, -0.2) is 4.98 Å². The number of rotatable bonds is 8. The van der Waals surface area contributed by atoms with Crippen LogP contribution in [0.15, 0.2) is 77.7 Å². The summed E-state index contributed by atoms with van der Waals surface area (Å²) in [5.41, 5.74) is 2.93. The van der Waals surface area contributed by atoms with E-state index in [1.54, 1.807) is 18.9 Å². The first-order valence-electron chi connectivity index (χ1n) is 11.3. The molecule has 0 N–H and O–H groups in total. The maximum atomic E-state index is 13.0. The molecule has 0 aliphatic carbocycles. The van der Waals surface area contributed by atoms with Gasteiger partial charge in [-0.05, 0) is 48.7 Å². The Morgan fingerprint density at radius 2 is 1.82 bits per heavy atom. The lowest BCUT2D eigenvalue weighted by atomic mass is 10.1. The zero-order chi connectivity index (χ0) is 23.5. The van der Waals surface area contributed by atoms with Crippen molar-refractivity contribution in [2.24, 2.45) is 0 Å². The molecule has 5 rings (SSSR count). The van der Waals surface area contributed by atoms with Crippen molar-refractivity contribution in [1.29, 1.82) is 0 Å². The van der Waals surface area contributed by atoms with Gasteiger partial charge in [-0.1, -0.05) is 30.3 Å². The number of methoxy groups -OCH3 is 1. The number of hydrogen-bond donors (Lipinski definition) is 0. The number of para-hydroxylation sites is 4. The maximum Gasteiger partial charge on any atom is 0.227 e. The first-order chi connectivity index (χ1) is 16.7. The van der Waals surface area contributed by atoms with E-state index >= 15 is 0 Å². The van der Waals surface area contributed by atoms with Crippen LogP contribution in [0.2, 0.25) is 0 Å². The van der Waals surface area contributed by atoms with Crippen molar-refractivity contribution in [2.45, 2.75) is 23.8 Å². The van der Waals surface area contributed by atoms with Crippen LogP contribution in [-0.4, -0.2) is 42.0 Å². The molecule has 1 amide bonds. The van der Waals surface area contributed by atoms with E-state index in [1.165, 1.54) is 0 Å². The number of nitrogens with zero attached hydrogens (tertiary/aromatic N) is 3. The molecule has 1 saturated heterocycles. The Morgan fingerprint density at radius 3 is 2.65 bits per heavy atom. The monoisotopic (exact) mass is 473 g/mol. The predicted molar refractivity (Wildman–Crippen MR) is 136 cm³/mol. The average Bonchev–Trinajstić information content (AvgIpc) is 3.45. The largest absolute Gasteiger partial charge is 0.493 e. The second-order valence-electron chi connectivity index (χ2n) is 8.22. The Balaban J connectivity index is 1.40. The minimum atomic E-state index is 0.0177. The normalized spacial score (nSPS) is 15.8. The molecule has 0 saturated carbocycles. The SMILES string of the molecule is COc1ccccc1OCCn1c(C2CC(=O)N(c3cccc(SC)c3)C2)nc2ccccc21. The molecule has 2 heterocycles. The van der Waals surface area contributed by atoms with E-state index in [9.17, 15) is 4.79 Å². The molecule has 3 aromatic carbocycles. The van der Waals surface area contributed by atoms with Crippen molar-refractivity contribution < 1.29 is 14.3 Å². The van der Waals surface area contributed by atoms with Crippen molar-refractivity contribution in [1.82, 2.24) is 9.55 Å². The summed E-state index contributed by atoms with van der Waals surface area (Å²) in [7, 11) is 1.64. The van der Waals surface area contributed by atoms with Gasteiger partial charge in [0.15, 0.2) is 11.5 Å². The fraction of sp³-hybridized carbons (Fsp3) is 0.259. The predicted octanol–water partition coefficient (Wildman–Crippen LogP) is 5.37. The molecule has 1 unspecified atom stereocenters. The molecule has 1 aliphatic rings. The fourth-order valence-electron chi connectivity index (χ4n) is 4.53. The van der Waals surface area contributed by atoms with Gasteiger partial charge in [0.25, 0.3) is 0 Å². The van der Waals surface area contributed by atoms with Crippen molar-refractivity contribution in [2.75, 3.05) is 31.4 Å². The summed E-state index contributed by atoms with van der Waals surface area (Å²) < 4.78 is 13.7. The van der Waals surface area contributed by atoms with Gasteiger partial charge in [0.05, 0.1) is 24.7 Å². The third kappa shape index (κ3) is 4.35. The topological polar surface area (TPSA) is 56.6 Å². The van der Waals surface area contributed by atoms with E-state index in [0.717, 1.165) is 27.4 Å². The van der Waals surface area contributed by atoms with Crippen LogP contribution in [0.25, 0.3) is 11.0 Å². The molecule has 4 aromatic rings. The van der Waals surface area contributed by atoms with Crippen LogP contribution < -0.4 is 14.4 Å². The Morgan fingerprint density at radius 1 is 1.03 bits per heavy atom. The van der Waals surface area contributed by atoms with Crippen LogP contribution >= 0.6 is 11.8 Å². The molecule has 1 aromatic heterocycles. The van der Waals surface area contributed by atoms with E-state index in [4.69, 9.17) is 14.5 Å². The molecule has 0 radical (unpaired) electrons. The zero-order valence-electron chi connectivity index (χ0n) is 19.3.